The summed E-state index contributed by atoms with van der Waals surface area (Å²) in [6, 6.07) is 16.9. The average Bonchev–Trinajstić information content (AvgIpc) is 3.00. The molecular formula is C22H19BrClNO3S. The zero-order chi connectivity index (χ0) is 21.0. The van der Waals surface area contributed by atoms with Crippen molar-refractivity contribution in [3.63, 3.8) is 0 Å². The van der Waals surface area contributed by atoms with Crippen LogP contribution >= 0.6 is 39.3 Å². The summed E-state index contributed by atoms with van der Waals surface area (Å²) in [5, 5.41) is 0.642. The first-order chi connectivity index (χ1) is 13.8. The molecule has 0 saturated heterocycles. The van der Waals surface area contributed by atoms with Crippen LogP contribution in [-0.2, 0) is 9.53 Å². The van der Waals surface area contributed by atoms with Crippen LogP contribution in [0.25, 0.3) is 5.69 Å². The summed E-state index contributed by atoms with van der Waals surface area (Å²) in [5.74, 6) is -0.515. The van der Waals surface area contributed by atoms with E-state index >= 15 is 0 Å². The number of carbonyl (C=O) groups is 2. The van der Waals surface area contributed by atoms with Crippen molar-refractivity contribution in [3.8, 4) is 5.69 Å². The summed E-state index contributed by atoms with van der Waals surface area (Å²) in [6.07, 6.45) is 0. The fraction of sp³-hybridized carbons (Fsp3) is 0.182. The molecule has 3 rings (SSSR count). The van der Waals surface area contributed by atoms with E-state index in [4.69, 9.17) is 16.3 Å². The van der Waals surface area contributed by atoms with E-state index in [1.807, 2.05) is 60.9 Å². The number of rotatable bonds is 7. The number of benzene rings is 2. The molecule has 0 unspecified atom stereocenters. The zero-order valence-corrected chi connectivity index (χ0v) is 19.1. The molecule has 3 aromatic rings. The van der Waals surface area contributed by atoms with Gasteiger partial charge in [0.1, 0.15) is 0 Å². The van der Waals surface area contributed by atoms with Crippen LogP contribution in [0.5, 0.6) is 0 Å². The third-order valence-electron chi connectivity index (χ3n) is 4.35. The van der Waals surface area contributed by atoms with Gasteiger partial charge in [0, 0.05) is 37.0 Å². The quantitative estimate of drug-likeness (QED) is 0.230. The normalized spacial score (nSPS) is 10.8. The van der Waals surface area contributed by atoms with E-state index in [0.29, 0.717) is 10.6 Å². The molecule has 0 aliphatic heterocycles. The Labute approximate surface area is 187 Å². The number of esters is 1. The summed E-state index contributed by atoms with van der Waals surface area (Å²) in [4.78, 5) is 25.5. The van der Waals surface area contributed by atoms with E-state index in [9.17, 15) is 9.59 Å². The lowest BCUT2D eigenvalue weighted by Gasteiger charge is -2.10. The van der Waals surface area contributed by atoms with Crippen molar-refractivity contribution in [2.24, 2.45) is 0 Å². The zero-order valence-electron chi connectivity index (χ0n) is 15.9. The number of aryl methyl sites for hydroxylation is 1. The maximum absolute atomic E-state index is 12.6. The summed E-state index contributed by atoms with van der Waals surface area (Å²) in [5.41, 5.74) is 3.29. The first-order valence-electron chi connectivity index (χ1n) is 8.87. The molecule has 0 aliphatic rings. The number of halogens is 2. The van der Waals surface area contributed by atoms with Crippen molar-refractivity contribution < 1.29 is 14.3 Å². The molecule has 2 aromatic carbocycles. The Balaban J connectivity index is 1.60. The van der Waals surface area contributed by atoms with Crippen LogP contribution < -0.4 is 0 Å². The molecule has 0 fully saturated rings. The second-order valence-corrected chi connectivity index (χ2v) is 8.82. The van der Waals surface area contributed by atoms with Crippen LogP contribution in [-0.4, -0.2) is 28.7 Å². The lowest BCUT2D eigenvalue weighted by atomic mass is 10.1. The number of hydrogen-bond acceptors (Lipinski definition) is 4. The molecule has 150 valence electrons. The Morgan fingerprint density at radius 3 is 2.38 bits per heavy atom. The lowest BCUT2D eigenvalue weighted by molar-refractivity contribution is -0.139. The summed E-state index contributed by atoms with van der Waals surface area (Å²) in [6.45, 7) is 3.56. The van der Waals surface area contributed by atoms with Crippen LogP contribution in [0.1, 0.15) is 21.7 Å². The fourth-order valence-electron chi connectivity index (χ4n) is 2.97. The van der Waals surface area contributed by atoms with Gasteiger partial charge in [-0.15, -0.1) is 11.8 Å². The average molecular weight is 493 g/mol. The van der Waals surface area contributed by atoms with Gasteiger partial charge in [-0.1, -0.05) is 27.5 Å². The van der Waals surface area contributed by atoms with Crippen LogP contribution in [0.4, 0.5) is 0 Å². The van der Waals surface area contributed by atoms with Gasteiger partial charge in [-0.2, -0.15) is 0 Å². The molecule has 0 spiro atoms. The molecule has 1 aromatic heterocycles. The maximum Gasteiger partial charge on any atom is 0.316 e. The topological polar surface area (TPSA) is 48.3 Å². The standard InChI is InChI=1S/C22H19BrClNO3S/c1-14-11-20(15(2)25(14)18-7-3-16(23)4-8-18)21(26)12-28-22(27)13-29-19-9-5-17(24)6-10-19/h3-11H,12-13H2,1-2H3. The first kappa shape index (κ1) is 21.7. The van der Waals surface area contributed by atoms with Crippen LogP contribution in [0, 0.1) is 13.8 Å². The molecule has 1 heterocycles. The van der Waals surface area contributed by atoms with Gasteiger partial charge >= 0.3 is 5.97 Å². The number of thioether (sulfide) groups is 1. The highest BCUT2D eigenvalue weighted by Gasteiger charge is 2.18. The summed E-state index contributed by atoms with van der Waals surface area (Å²) >= 11 is 10.6. The molecule has 7 heteroatoms. The van der Waals surface area contributed by atoms with Gasteiger partial charge < -0.3 is 9.30 Å². The number of ketones is 1. The molecule has 0 N–H and O–H groups in total. The van der Waals surface area contributed by atoms with E-state index in [-0.39, 0.29) is 18.1 Å². The van der Waals surface area contributed by atoms with Gasteiger partial charge in [-0.05, 0) is 68.4 Å². The second-order valence-electron chi connectivity index (χ2n) is 6.42. The molecule has 0 bridgehead atoms. The van der Waals surface area contributed by atoms with Crippen LogP contribution in [0.2, 0.25) is 5.02 Å². The summed E-state index contributed by atoms with van der Waals surface area (Å²) < 4.78 is 8.18. The van der Waals surface area contributed by atoms with E-state index in [1.54, 1.807) is 12.1 Å². The number of ether oxygens (including phenoxy) is 1. The van der Waals surface area contributed by atoms with Crippen molar-refractivity contribution in [2.75, 3.05) is 12.4 Å². The smallest absolute Gasteiger partial charge is 0.316 e. The van der Waals surface area contributed by atoms with Crippen molar-refractivity contribution in [1.29, 1.82) is 0 Å². The molecule has 0 aliphatic carbocycles. The summed E-state index contributed by atoms with van der Waals surface area (Å²) in [7, 11) is 0. The van der Waals surface area contributed by atoms with E-state index < -0.39 is 5.97 Å². The minimum Gasteiger partial charge on any atom is -0.457 e. The first-order valence-corrected chi connectivity index (χ1v) is 11.0. The predicted molar refractivity (Wildman–Crippen MR) is 120 cm³/mol. The Hall–Kier alpha value is -2.02. The number of nitrogens with zero attached hydrogens (tertiary/aromatic N) is 1. The Morgan fingerprint density at radius 1 is 1.07 bits per heavy atom. The third kappa shape index (κ3) is 5.53. The SMILES string of the molecule is Cc1cc(C(=O)COC(=O)CSc2ccc(Cl)cc2)c(C)n1-c1ccc(Br)cc1. The highest BCUT2D eigenvalue weighted by molar-refractivity contribution is 9.10. The number of aromatic nitrogens is 1. The van der Waals surface area contributed by atoms with E-state index in [1.165, 1.54) is 11.8 Å². The van der Waals surface area contributed by atoms with E-state index in [0.717, 1.165) is 26.4 Å². The minimum atomic E-state index is -0.431. The predicted octanol–water partition coefficient (Wildman–Crippen LogP) is 6.03. The molecule has 4 nitrogen and oxygen atoms in total. The highest BCUT2D eigenvalue weighted by Crippen LogP contribution is 2.23. The molecule has 0 saturated carbocycles. The van der Waals surface area contributed by atoms with E-state index in [2.05, 4.69) is 15.9 Å². The molecular weight excluding hydrogens is 474 g/mol. The van der Waals surface area contributed by atoms with Crippen molar-refractivity contribution in [1.82, 2.24) is 4.57 Å². The monoisotopic (exact) mass is 491 g/mol. The maximum atomic E-state index is 12.6. The molecule has 0 amide bonds. The lowest BCUT2D eigenvalue weighted by Crippen LogP contribution is -2.16. The van der Waals surface area contributed by atoms with Crippen molar-refractivity contribution in [3.05, 3.63) is 81.0 Å². The second kappa shape index (κ2) is 9.65. The van der Waals surface area contributed by atoms with Gasteiger partial charge in [0.05, 0.1) is 5.75 Å². The minimum absolute atomic E-state index is 0.132. The van der Waals surface area contributed by atoms with Crippen LogP contribution in [0.15, 0.2) is 64.0 Å². The van der Waals surface area contributed by atoms with Crippen LogP contribution in [0.3, 0.4) is 0 Å². The van der Waals surface area contributed by atoms with Crippen molar-refractivity contribution in [2.45, 2.75) is 18.7 Å². The third-order valence-corrected chi connectivity index (χ3v) is 6.12. The number of hydrogen-bond donors (Lipinski definition) is 0. The molecule has 0 radical (unpaired) electrons. The van der Waals surface area contributed by atoms with Crippen molar-refractivity contribution >= 4 is 51.0 Å². The number of carbonyl (C=O) groups excluding carboxylic acids is 2. The van der Waals surface area contributed by atoms with Gasteiger partial charge in [0.15, 0.2) is 6.61 Å². The fourth-order valence-corrected chi connectivity index (χ4v) is 4.06. The van der Waals surface area contributed by atoms with Gasteiger partial charge in [-0.25, -0.2) is 0 Å². The molecule has 0 atom stereocenters. The molecule has 29 heavy (non-hydrogen) atoms. The number of Topliss-reactive ketones (excluding diaryl/α,β-unsaturated/α-hetero) is 1. The van der Waals surface area contributed by atoms with Gasteiger partial charge in [-0.3, -0.25) is 9.59 Å². The largest absolute Gasteiger partial charge is 0.457 e. The Bertz CT molecular complexity index is 1030. The van der Waals surface area contributed by atoms with Gasteiger partial charge in [0.2, 0.25) is 5.78 Å². The Morgan fingerprint density at radius 2 is 1.72 bits per heavy atom. The Kier molecular flexibility index (Phi) is 7.22. The highest BCUT2D eigenvalue weighted by atomic mass is 79.9. The van der Waals surface area contributed by atoms with Gasteiger partial charge in [0.25, 0.3) is 0 Å².